The quantitative estimate of drug-likeness (QED) is 0.655. The van der Waals surface area contributed by atoms with Crippen LogP contribution in [0.25, 0.3) is 11.2 Å². The lowest BCUT2D eigenvalue weighted by Crippen LogP contribution is -2.21. The third-order valence-corrected chi connectivity index (χ3v) is 2.18. The van der Waals surface area contributed by atoms with Gasteiger partial charge in [-0.3, -0.25) is 0 Å². The van der Waals surface area contributed by atoms with Crippen LogP contribution in [-0.4, -0.2) is 6.61 Å². The van der Waals surface area contributed by atoms with E-state index >= 15 is 0 Å². The molecule has 2 N–H and O–H groups in total. The van der Waals surface area contributed by atoms with Gasteiger partial charge in [-0.1, -0.05) is 6.92 Å². The van der Waals surface area contributed by atoms with Crippen molar-refractivity contribution in [3.8, 4) is 5.75 Å². The van der Waals surface area contributed by atoms with Gasteiger partial charge in [0.25, 0.3) is 0 Å². The van der Waals surface area contributed by atoms with Crippen molar-refractivity contribution in [3.63, 3.8) is 0 Å². The Bertz CT molecular complexity index is 703. The first-order valence-electron chi connectivity index (χ1n) is 5.23. The first kappa shape index (κ1) is 12.2. The average molecular weight is 255 g/mol. The van der Waals surface area contributed by atoms with Gasteiger partial charge in [-0.05, 0) is 6.42 Å². The molecule has 0 spiro atoms. The lowest BCUT2D eigenvalue weighted by Gasteiger charge is -2.09. The minimum atomic E-state index is -1.28. The summed E-state index contributed by atoms with van der Waals surface area (Å²) in [6.45, 7) is 2.16. The van der Waals surface area contributed by atoms with Crippen LogP contribution in [0.4, 0.5) is 10.1 Å². The predicted octanol–water partition coefficient (Wildman–Crippen LogP) is 1.26. The molecule has 0 aliphatic rings. The van der Waals surface area contributed by atoms with Crippen LogP contribution in [-0.2, 0) is 0 Å². The molecule has 0 saturated carbocycles. The molecule has 0 atom stereocenters. The number of benzene rings is 1. The van der Waals surface area contributed by atoms with Gasteiger partial charge in [0, 0.05) is 6.07 Å². The molecule has 96 valence electrons. The molecule has 0 unspecified atom stereocenters. The van der Waals surface area contributed by atoms with E-state index in [1.165, 1.54) is 0 Å². The number of ether oxygens (including phenoxy) is 1. The van der Waals surface area contributed by atoms with Crippen molar-refractivity contribution in [2.24, 2.45) is 0 Å². The maximum Gasteiger partial charge on any atom is 0.423 e. The average Bonchev–Trinajstić information content (AvgIpc) is 2.32. The van der Waals surface area contributed by atoms with Crippen molar-refractivity contribution in [1.29, 1.82) is 0 Å². The monoisotopic (exact) mass is 255 g/mol. The number of fused-ring (bicyclic) bond motifs is 1. The molecule has 1 heterocycles. The van der Waals surface area contributed by atoms with Gasteiger partial charge < -0.3 is 19.3 Å². The van der Waals surface area contributed by atoms with E-state index < -0.39 is 22.7 Å². The Morgan fingerprint density at radius 3 is 2.50 bits per heavy atom. The molecule has 7 heteroatoms. The van der Waals surface area contributed by atoms with E-state index in [4.69, 9.17) is 10.5 Å². The van der Waals surface area contributed by atoms with Crippen LogP contribution in [0.3, 0.4) is 0 Å². The Balaban J connectivity index is 2.80. The highest BCUT2D eigenvalue weighted by molar-refractivity contribution is 5.84. The zero-order valence-electron chi connectivity index (χ0n) is 9.49. The number of hydrogen-bond acceptors (Lipinski definition) is 6. The van der Waals surface area contributed by atoms with Gasteiger partial charge in [0.05, 0.1) is 12.3 Å². The van der Waals surface area contributed by atoms with Gasteiger partial charge in [0.1, 0.15) is 0 Å². The zero-order chi connectivity index (χ0) is 13.3. The number of anilines is 1. The minimum Gasteiger partial charge on any atom is -0.488 e. The number of rotatable bonds is 3. The number of hydrogen-bond donors (Lipinski definition) is 1. The molecule has 18 heavy (non-hydrogen) atoms. The Hall–Kier alpha value is -2.31. The first-order chi connectivity index (χ1) is 8.54. The smallest absolute Gasteiger partial charge is 0.423 e. The highest BCUT2D eigenvalue weighted by Gasteiger charge is 2.18. The van der Waals surface area contributed by atoms with Crippen molar-refractivity contribution >= 4 is 16.9 Å². The van der Waals surface area contributed by atoms with Crippen molar-refractivity contribution in [2.75, 3.05) is 12.3 Å². The van der Waals surface area contributed by atoms with E-state index in [2.05, 4.69) is 8.83 Å². The molecule has 1 aromatic heterocycles. The lowest BCUT2D eigenvalue weighted by atomic mass is 10.2. The molecule has 0 radical (unpaired) electrons. The van der Waals surface area contributed by atoms with Crippen molar-refractivity contribution in [3.05, 3.63) is 32.7 Å². The minimum absolute atomic E-state index is 0.00546. The highest BCUT2D eigenvalue weighted by atomic mass is 19.1. The number of nitrogen functional groups attached to an aromatic ring is 1. The standard InChI is InChI=1S/C11H10FNO5/c1-2-3-16-8-6(13)4-5(12)7-9(8)18-11(15)10(14)17-7/h4H,2-3,13H2,1H3. The molecule has 0 amide bonds. The topological polar surface area (TPSA) is 95.7 Å². The fraction of sp³-hybridized carbons (Fsp3) is 0.273. The Kier molecular flexibility index (Phi) is 3.05. The van der Waals surface area contributed by atoms with Crippen LogP contribution in [0.5, 0.6) is 5.75 Å². The van der Waals surface area contributed by atoms with E-state index in [1.54, 1.807) is 0 Å². The highest BCUT2D eigenvalue weighted by Crippen LogP contribution is 2.32. The van der Waals surface area contributed by atoms with Crippen molar-refractivity contribution < 1.29 is 18.0 Å². The SMILES string of the molecule is CCCOc1c(N)cc(F)c2oc(=O)c(=O)oc12. The van der Waals surface area contributed by atoms with Crippen LogP contribution in [0.1, 0.15) is 13.3 Å². The molecule has 0 fully saturated rings. The summed E-state index contributed by atoms with van der Waals surface area (Å²) in [5.41, 5.74) is 2.22. The molecule has 0 bridgehead atoms. The van der Waals surface area contributed by atoms with Crippen LogP contribution in [0.2, 0.25) is 0 Å². The fourth-order valence-electron chi connectivity index (χ4n) is 1.42. The molecule has 0 aliphatic heterocycles. The Labute approximate surface area is 99.8 Å². The maximum atomic E-state index is 13.5. The molecule has 0 saturated heterocycles. The molecule has 0 aliphatic carbocycles. The zero-order valence-corrected chi connectivity index (χ0v) is 9.49. The molecular weight excluding hydrogens is 245 g/mol. The second-order valence-electron chi connectivity index (χ2n) is 3.56. The van der Waals surface area contributed by atoms with Crippen molar-refractivity contribution in [2.45, 2.75) is 13.3 Å². The van der Waals surface area contributed by atoms with E-state index in [1.807, 2.05) is 6.92 Å². The third kappa shape index (κ3) is 1.94. The number of halogens is 1. The van der Waals surface area contributed by atoms with Crippen molar-refractivity contribution in [1.82, 2.24) is 0 Å². The third-order valence-electron chi connectivity index (χ3n) is 2.18. The molecule has 1 aromatic carbocycles. The van der Waals surface area contributed by atoms with Crippen LogP contribution in [0, 0.1) is 5.82 Å². The molecule has 2 rings (SSSR count). The summed E-state index contributed by atoms with van der Waals surface area (Å²) in [4.78, 5) is 22.1. The van der Waals surface area contributed by atoms with Gasteiger partial charge in [-0.15, -0.1) is 0 Å². The van der Waals surface area contributed by atoms with Gasteiger partial charge in [0.2, 0.25) is 11.2 Å². The predicted molar refractivity (Wildman–Crippen MR) is 61.2 cm³/mol. The van der Waals surface area contributed by atoms with Crippen LogP contribution in [0.15, 0.2) is 24.5 Å². The largest absolute Gasteiger partial charge is 0.488 e. The van der Waals surface area contributed by atoms with Gasteiger partial charge >= 0.3 is 11.3 Å². The van der Waals surface area contributed by atoms with Crippen LogP contribution >= 0.6 is 0 Å². The molecular formula is C11H10FNO5. The van der Waals surface area contributed by atoms with Gasteiger partial charge in [-0.25, -0.2) is 14.0 Å². The normalized spacial score (nSPS) is 10.8. The Morgan fingerprint density at radius 1 is 1.28 bits per heavy atom. The molecule has 6 nitrogen and oxygen atoms in total. The van der Waals surface area contributed by atoms with Gasteiger partial charge in [0.15, 0.2) is 11.6 Å². The summed E-state index contributed by atoms with van der Waals surface area (Å²) in [7, 11) is 0. The second kappa shape index (κ2) is 4.52. The summed E-state index contributed by atoms with van der Waals surface area (Å²) in [5.74, 6) is -0.902. The lowest BCUT2D eigenvalue weighted by molar-refractivity contribution is 0.313. The summed E-state index contributed by atoms with van der Waals surface area (Å²) in [6, 6.07) is 0.941. The summed E-state index contributed by atoms with van der Waals surface area (Å²) < 4.78 is 28.0. The second-order valence-corrected chi connectivity index (χ2v) is 3.56. The fourth-order valence-corrected chi connectivity index (χ4v) is 1.42. The Morgan fingerprint density at radius 2 is 1.89 bits per heavy atom. The van der Waals surface area contributed by atoms with E-state index in [0.717, 1.165) is 6.07 Å². The molecule has 2 aromatic rings. The summed E-state index contributed by atoms with van der Waals surface area (Å²) in [6.07, 6.45) is 0.680. The van der Waals surface area contributed by atoms with Crippen LogP contribution < -0.4 is 21.7 Å². The van der Waals surface area contributed by atoms with Gasteiger partial charge in [-0.2, -0.15) is 0 Å². The van der Waals surface area contributed by atoms with E-state index in [-0.39, 0.29) is 17.0 Å². The van der Waals surface area contributed by atoms with E-state index in [9.17, 15) is 14.0 Å². The number of nitrogens with two attached hydrogens (primary N) is 1. The maximum absolute atomic E-state index is 13.5. The summed E-state index contributed by atoms with van der Waals surface area (Å²) in [5, 5.41) is 0. The van der Waals surface area contributed by atoms with E-state index in [0.29, 0.717) is 13.0 Å². The first-order valence-corrected chi connectivity index (χ1v) is 5.23. The summed E-state index contributed by atoms with van der Waals surface area (Å²) >= 11 is 0.